The number of ether oxygens (including phenoxy) is 2. The van der Waals surface area contributed by atoms with Crippen LogP contribution in [0.2, 0.25) is 5.02 Å². The topological polar surface area (TPSA) is 93.3 Å². The van der Waals surface area contributed by atoms with Gasteiger partial charge in [0.15, 0.2) is 5.03 Å². The molecule has 0 amide bonds. The third kappa shape index (κ3) is 3.22. The molecule has 1 aromatic heterocycles. The lowest BCUT2D eigenvalue weighted by Gasteiger charge is -2.13. The molecular weight excluding hydrogens is 318 g/mol. The molecule has 0 unspecified atom stereocenters. The predicted octanol–water partition coefficient (Wildman–Crippen LogP) is 2.19. The van der Waals surface area contributed by atoms with Crippen LogP contribution in [0.4, 0.5) is 5.69 Å². The van der Waals surface area contributed by atoms with Crippen LogP contribution in [0, 0.1) is 6.92 Å². The molecule has 2 N–H and O–H groups in total. The van der Waals surface area contributed by atoms with Crippen molar-refractivity contribution in [1.29, 1.82) is 0 Å². The van der Waals surface area contributed by atoms with Gasteiger partial charge in [0, 0.05) is 6.07 Å². The van der Waals surface area contributed by atoms with Crippen molar-refractivity contribution in [3.63, 3.8) is 0 Å². The van der Waals surface area contributed by atoms with E-state index in [1.807, 2.05) is 0 Å². The van der Waals surface area contributed by atoms with Gasteiger partial charge in [-0.15, -0.1) is 0 Å². The van der Waals surface area contributed by atoms with Gasteiger partial charge < -0.3 is 14.5 Å². The summed E-state index contributed by atoms with van der Waals surface area (Å²) in [6.45, 7) is 1.66. The number of halogens is 1. The Hall–Kier alpha value is -1.93. The van der Waals surface area contributed by atoms with Crippen molar-refractivity contribution in [2.24, 2.45) is 0 Å². The SMILES string of the molecule is COc1cc(OC)c(NS(=O)(=O)c2cnc(C)[nH]2)cc1Cl. The molecular formula is C12H14ClN3O4S. The van der Waals surface area contributed by atoms with Gasteiger partial charge in [-0.3, -0.25) is 4.72 Å². The van der Waals surface area contributed by atoms with Crippen LogP contribution >= 0.6 is 11.6 Å². The zero-order valence-electron chi connectivity index (χ0n) is 11.6. The highest BCUT2D eigenvalue weighted by Gasteiger charge is 2.20. The number of benzene rings is 1. The van der Waals surface area contributed by atoms with Gasteiger partial charge in [0.05, 0.1) is 31.1 Å². The van der Waals surface area contributed by atoms with Crippen LogP contribution < -0.4 is 14.2 Å². The number of aromatic amines is 1. The van der Waals surface area contributed by atoms with Crippen LogP contribution in [-0.2, 0) is 10.0 Å². The molecule has 0 radical (unpaired) electrons. The molecule has 0 aliphatic carbocycles. The highest BCUT2D eigenvalue weighted by Crippen LogP contribution is 2.36. The molecule has 7 nitrogen and oxygen atoms in total. The lowest BCUT2D eigenvalue weighted by atomic mass is 10.3. The molecule has 0 fully saturated rings. The summed E-state index contributed by atoms with van der Waals surface area (Å²) in [6.07, 6.45) is 1.23. The average molecular weight is 332 g/mol. The van der Waals surface area contributed by atoms with Gasteiger partial charge in [0.25, 0.3) is 10.0 Å². The third-order valence-corrected chi connectivity index (χ3v) is 4.26. The van der Waals surface area contributed by atoms with Crippen molar-refractivity contribution in [3.8, 4) is 11.5 Å². The maximum atomic E-state index is 12.2. The molecule has 0 atom stereocenters. The normalized spacial score (nSPS) is 11.2. The lowest BCUT2D eigenvalue weighted by molar-refractivity contribution is 0.396. The molecule has 0 saturated heterocycles. The van der Waals surface area contributed by atoms with E-state index in [-0.39, 0.29) is 21.5 Å². The molecule has 0 saturated carbocycles. The van der Waals surface area contributed by atoms with Crippen molar-refractivity contribution < 1.29 is 17.9 Å². The summed E-state index contributed by atoms with van der Waals surface area (Å²) in [5, 5.41) is 0.214. The summed E-state index contributed by atoms with van der Waals surface area (Å²) in [6, 6.07) is 2.92. The molecule has 0 bridgehead atoms. The lowest BCUT2D eigenvalue weighted by Crippen LogP contribution is -2.14. The molecule has 0 spiro atoms. The number of anilines is 1. The van der Waals surface area contributed by atoms with E-state index in [2.05, 4.69) is 14.7 Å². The van der Waals surface area contributed by atoms with Gasteiger partial charge >= 0.3 is 0 Å². The maximum Gasteiger partial charge on any atom is 0.279 e. The predicted molar refractivity (Wildman–Crippen MR) is 78.7 cm³/mol. The van der Waals surface area contributed by atoms with Crippen LogP contribution in [0.5, 0.6) is 11.5 Å². The van der Waals surface area contributed by atoms with E-state index in [9.17, 15) is 8.42 Å². The molecule has 9 heteroatoms. The van der Waals surface area contributed by atoms with Crippen molar-refractivity contribution in [3.05, 3.63) is 29.2 Å². The summed E-state index contributed by atoms with van der Waals surface area (Å²) in [7, 11) is -0.935. The molecule has 2 rings (SSSR count). The van der Waals surface area contributed by atoms with E-state index >= 15 is 0 Å². The van der Waals surface area contributed by atoms with Gasteiger partial charge in [-0.2, -0.15) is 8.42 Å². The first-order valence-electron chi connectivity index (χ1n) is 5.83. The minimum absolute atomic E-state index is 0.0472. The number of methoxy groups -OCH3 is 2. The molecule has 0 aliphatic heterocycles. The van der Waals surface area contributed by atoms with Crippen LogP contribution in [0.15, 0.2) is 23.4 Å². The molecule has 1 aromatic carbocycles. The smallest absolute Gasteiger partial charge is 0.279 e. The second-order valence-corrected chi connectivity index (χ2v) is 6.18. The summed E-state index contributed by atoms with van der Waals surface area (Å²) >= 11 is 6.00. The third-order valence-electron chi connectivity index (χ3n) is 2.69. The number of H-pyrrole nitrogens is 1. The number of nitrogens with zero attached hydrogens (tertiary/aromatic N) is 1. The quantitative estimate of drug-likeness (QED) is 0.876. The Morgan fingerprint density at radius 2 is 1.90 bits per heavy atom. The van der Waals surface area contributed by atoms with Gasteiger partial charge in [-0.05, 0) is 13.0 Å². The highest BCUT2D eigenvalue weighted by atomic mass is 35.5. The summed E-state index contributed by atoms with van der Waals surface area (Å²) in [4.78, 5) is 6.51. The highest BCUT2D eigenvalue weighted by molar-refractivity contribution is 7.92. The number of sulfonamides is 1. The molecule has 0 aliphatic rings. The number of rotatable bonds is 5. The molecule has 2 aromatic rings. The largest absolute Gasteiger partial charge is 0.495 e. The monoisotopic (exact) mass is 331 g/mol. The van der Waals surface area contributed by atoms with Crippen LogP contribution in [-0.4, -0.2) is 32.6 Å². The standard InChI is InChI=1S/C12H14ClN3O4S/c1-7-14-6-12(15-7)21(17,18)16-9-4-8(13)10(19-2)5-11(9)20-3/h4-6,16H,1-3H3,(H,14,15). The van der Waals surface area contributed by atoms with Crippen LogP contribution in [0.3, 0.4) is 0 Å². The molecule has 114 valence electrons. The Kier molecular flexibility index (Phi) is 4.29. The van der Waals surface area contributed by atoms with E-state index in [0.717, 1.165) is 0 Å². The fourth-order valence-electron chi connectivity index (χ4n) is 1.67. The van der Waals surface area contributed by atoms with Gasteiger partial charge in [0.1, 0.15) is 17.3 Å². The average Bonchev–Trinajstić information content (AvgIpc) is 2.86. The van der Waals surface area contributed by atoms with E-state index < -0.39 is 10.0 Å². The fraction of sp³-hybridized carbons (Fsp3) is 0.250. The van der Waals surface area contributed by atoms with Gasteiger partial charge in [0.2, 0.25) is 0 Å². The fourth-order valence-corrected chi connectivity index (χ4v) is 2.95. The first-order valence-corrected chi connectivity index (χ1v) is 7.69. The van der Waals surface area contributed by atoms with E-state index in [4.69, 9.17) is 21.1 Å². The summed E-state index contributed by atoms with van der Waals surface area (Å²) in [5.74, 6) is 1.17. The minimum atomic E-state index is -3.81. The number of hydrogen-bond donors (Lipinski definition) is 2. The first kappa shape index (κ1) is 15.5. The van der Waals surface area contributed by atoms with Crippen molar-refractivity contribution >= 4 is 27.3 Å². The number of aromatic nitrogens is 2. The molecule has 21 heavy (non-hydrogen) atoms. The summed E-state index contributed by atoms with van der Waals surface area (Å²) < 4.78 is 37.1. The van der Waals surface area contributed by atoms with Gasteiger partial charge in [-0.25, -0.2) is 4.98 Å². The Morgan fingerprint density at radius 1 is 1.24 bits per heavy atom. The van der Waals surface area contributed by atoms with Crippen molar-refractivity contribution in [1.82, 2.24) is 9.97 Å². The first-order chi connectivity index (χ1) is 9.87. The Balaban J connectivity index is 2.41. The zero-order chi connectivity index (χ0) is 15.6. The number of hydrogen-bond acceptors (Lipinski definition) is 5. The minimum Gasteiger partial charge on any atom is -0.495 e. The van der Waals surface area contributed by atoms with E-state index in [0.29, 0.717) is 11.6 Å². The number of imidazole rings is 1. The van der Waals surface area contributed by atoms with Crippen molar-refractivity contribution in [2.75, 3.05) is 18.9 Å². The van der Waals surface area contributed by atoms with Crippen LogP contribution in [0.25, 0.3) is 0 Å². The number of nitrogens with one attached hydrogen (secondary N) is 2. The Labute approximate surface area is 127 Å². The number of aryl methyl sites for hydroxylation is 1. The van der Waals surface area contributed by atoms with E-state index in [1.165, 1.54) is 32.5 Å². The van der Waals surface area contributed by atoms with E-state index in [1.54, 1.807) is 6.92 Å². The summed E-state index contributed by atoms with van der Waals surface area (Å²) in [5.41, 5.74) is 0.204. The molecule has 1 heterocycles. The second-order valence-electron chi connectivity index (χ2n) is 4.13. The Bertz CT molecular complexity index is 758. The van der Waals surface area contributed by atoms with Gasteiger partial charge in [-0.1, -0.05) is 11.6 Å². The zero-order valence-corrected chi connectivity index (χ0v) is 13.2. The Morgan fingerprint density at radius 3 is 2.43 bits per heavy atom. The van der Waals surface area contributed by atoms with Crippen molar-refractivity contribution in [2.45, 2.75) is 11.9 Å². The van der Waals surface area contributed by atoms with Crippen LogP contribution in [0.1, 0.15) is 5.82 Å². The second kappa shape index (κ2) is 5.82. The maximum absolute atomic E-state index is 12.2.